The van der Waals surface area contributed by atoms with Crippen LogP contribution in [0, 0.1) is 11.8 Å². The summed E-state index contributed by atoms with van der Waals surface area (Å²) in [6.45, 7) is 4.27. The molecule has 4 heteroatoms. The van der Waals surface area contributed by atoms with Crippen LogP contribution < -0.4 is 5.32 Å². The normalized spacial score (nSPS) is 32.3. The molecule has 0 aromatic heterocycles. The van der Waals surface area contributed by atoms with E-state index in [9.17, 15) is 9.59 Å². The summed E-state index contributed by atoms with van der Waals surface area (Å²) in [7, 11) is 0. The highest BCUT2D eigenvalue weighted by atomic mass is 16.4. The number of carboxylic acid groups (broad SMARTS) is 1. The predicted molar refractivity (Wildman–Crippen MR) is 51.7 cm³/mol. The van der Waals surface area contributed by atoms with Crippen molar-refractivity contribution in [1.29, 1.82) is 0 Å². The number of carbonyl (C=O) groups is 2. The van der Waals surface area contributed by atoms with Crippen LogP contribution in [0.5, 0.6) is 0 Å². The molecule has 0 bridgehead atoms. The van der Waals surface area contributed by atoms with E-state index >= 15 is 0 Å². The van der Waals surface area contributed by atoms with Gasteiger partial charge in [-0.05, 0) is 31.1 Å². The molecule has 0 saturated heterocycles. The first-order chi connectivity index (χ1) is 6.49. The van der Waals surface area contributed by atoms with Gasteiger partial charge in [0.25, 0.3) is 0 Å². The van der Waals surface area contributed by atoms with Crippen LogP contribution in [-0.2, 0) is 9.59 Å². The van der Waals surface area contributed by atoms with Crippen LogP contribution in [0.2, 0.25) is 0 Å². The van der Waals surface area contributed by atoms with Crippen molar-refractivity contribution in [1.82, 2.24) is 5.32 Å². The molecule has 2 N–H and O–H groups in total. The Bertz CT molecular complexity index is 230. The highest BCUT2D eigenvalue weighted by Gasteiger charge is 2.26. The molecule has 2 atom stereocenters. The first kappa shape index (κ1) is 11.0. The van der Waals surface area contributed by atoms with Crippen LogP contribution in [0.4, 0.5) is 0 Å². The molecule has 1 aliphatic carbocycles. The SMILES string of the molecule is CC1CC(C)CC(NC(=O)C(=O)O)C1. The molecular weight excluding hydrogens is 182 g/mol. The van der Waals surface area contributed by atoms with Crippen LogP contribution in [0.15, 0.2) is 0 Å². The van der Waals surface area contributed by atoms with E-state index < -0.39 is 11.9 Å². The Morgan fingerprint density at radius 1 is 1.14 bits per heavy atom. The number of aliphatic carboxylic acids is 1. The maximum absolute atomic E-state index is 10.9. The zero-order valence-electron chi connectivity index (χ0n) is 8.62. The Balaban J connectivity index is 2.44. The first-order valence-electron chi connectivity index (χ1n) is 5.02. The van der Waals surface area contributed by atoms with Gasteiger partial charge in [0, 0.05) is 6.04 Å². The van der Waals surface area contributed by atoms with Crippen molar-refractivity contribution in [2.75, 3.05) is 0 Å². The van der Waals surface area contributed by atoms with Crippen molar-refractivity contribution >= 4 is 11.9 Å². The highest BCUT2D eigenvalue weighted by molar-refractivity contribution is 6.31. The summed E-state index contributed by atoms with van der Waals surface area (Å²) in [5.74, 6) is -1.14. The largest absolute Gasteiger partial charge is 0.474 e. The monoisotopic (exact) mass is 199 g/mol. The summed E-state index contributed by atoms with van der Waals surface area (Å²) in [6, 6.07) is 0.0392. The van der Waals surface area contributed by atoms with Gasteiger partial charge < -0.3 is 10.4 Å². The summed E-state index contributed by atoms with van der Waals surface area (Å²) in [5, 5.41) is 11.0. The molecule has 4 nitrogen and oxygen atoms in total. The Morgan fingerprint density at radius 2 is 1.64 bits per heavy atom. The average Bonchev–Trinajstić information content (AvgIpc) is 2.01. The van der Waals surface area contributed by atoms with Gasteiger partial charge in [-0.15, -0.1) is 0 Å². The van der Waals surface area contributed by atoms with Crippen molar-refractivity contribution in [2.24, 2.45) is 11.8 Å². The molecule has 2 unspecified atom stereocenters. The quantitative estimate of drug-likeness (QED) is 0.619. The maximum atomic E-state index is 10.9. The molecule has 0 radical (unpaired) electrons. The van der Waals surface area contributed by atoms with Crippen LogP contribution in [0.25, 0.3) is 0 Å². The Morgan fingerprint density at radius 3 is 2.07 bits per heavy atom. The van der Waals surface area contributed by atoms with Crippen molar-refractivity contribution in [3.8, 4) is 0 Å². The van der Waals surface area contributed by atoms with E-state index in [2.05, 4.69) is 19.2 Å². The molecule has 1 amide bonds. The number of nitrogens with one attached hydrogen (secondary N) is 1. The molecule has 14 heavy (non-hydrogen) atoms. The zero-order chi connectivity index (χ0) is 10.7. The second-order valence-corrected chi connectivity index (χ2v) is 4.39. The van der Waals surface area contributed by atoms with Crippen LogP contribution in [0.3, 0.4) is 0 Å². The summed E-state index contributed by atoms with van der Waals surface area (Å²) in [5.41, 5.74) is 0. The third kappa shape index (κ3) is 3.01. The minimum absolute atomic E-state index is 0.0392. The van der Waals surface area contributed by atoms with Crippen LogP contribution >= 0.6 is 0 Å². The predicted octanol–water partition coefficient (Wildman–Crippen LogP) is 1.01. The lowest BCUT2D eigenvalue weighted by Crippen LogP contribution is -2.43. The minimum atomic E-state index is -1.39. The fourth-order valence-corrected chi connectivity index (χ4v) is 2.31. The molecule has 0 spiro atoms. The second kappa shape index (κ2) is 4.44. The number of carbonyl (C=O) groups excluding carboxylic acids is 1. The number of carboxylic acids is 1. The van der Waals surface area contributed by atoms with Crippen molar-refractivity contribution < 1.29 is 14.7 Å². The maximum Gasteiger partial charge on any atom is 0.394 e. The molecule has 1 saturated carbocycles. The zero-order valence-corrected chi connectivity index (χ0v) is 8.62. The highest BCUT2D eigenvalue weighted by Crippen LogP contribution is 2.28. The van der Waals surface area contributed by atoms with E-state index in [0.29, 0.717) is 11.8 Å². The van der Waals surface area contributed by atoms with Gasteiger partial charge in [-0.3, -0.25) is 4.79 Å². The van der Waals surface area contributed by atoms with E-state index in [1.165, 1.54) is 6.42 Å². The van der Waals surface area contributed by atoms with E-state index in [1.807, 2.05) is 0 Å². The van der Waals surface area contributed by atoms with Crippen molar-refractivity contribution in [3.05, 3.63) is 0 Å². The van der Waals surface area contributed by atoms with Gasteiger partial charge in [0.05, 0.1) is 0 Å². The summed E-state index contributed by atoms with van der Waals surface area (Å²) in [4.78, 5) is 21.2. The van der Waals surface area contributed by atoms with Gasteiger partial charge in [0.15, 0.2) is 0 Å². The topological polar surface area (TPSA) is 66.4 Å². The Labute approximate surface area is 83.7 Å². The molecule has 0 heterocycles. The minimum Gasteiger partial charge on any atom is -0.474 e. The molecule has 1 rings (SSSR count). The van der Waals surface area contributed by atoms with Crippen molar-refractivity contribution in [2.45, 2.75) is 39.2 Å². The molecule has 1 aliphatic rings. The van der Waals surface area contributed by atoms with E-state index in [4.69, 9.17) is 5.11 Å². The van der Waals surface area contributed by atoms with Gasteiger partial charge in [-0.25, -0.2) is 4.79 Å². The van der Waals surface area contributed by atoms with Crippen LogP contribution in [0.1, 0.15) is 33.1 Å². The molecular formula is C10H17NO3. The number of rotatable bonds is 1. The number of amides is 1. The van der Waals surface area contributed by atoms with Gasteiger partial charge in [-0.1, -0.05) is 13.8 Å². The Kier molecular flexibility index (Phi) is 3.49. The Hall–Kier alpha value is -1.06. The average molecular weight is 199 g/mol. The summed E-state index contributed by atoms with van der Waals surface area (Å²) in [6.07, 6.45) is 2.95. The first-order valence-corrected chi connectivity index (χ1v) is 5.02. The van der Waals surface area contributed by atoms with Gasteiger partial charge in [-0.2, -0.15) is 0 Å². The van der Waals surface area contributed by atoms with E-state index in [-0.39, 0.29) is 6.04 Å². The molecule has 80 valence electrons. The second-order valence-electron chi connectivity index (χ2n) is 4.39. The van der Waals surface area contributed by atoms with Gasteiger partial charge in [0.1, 0.15) is 0 Å². The number of hydrogen-bond donors (Lipinski definition) is 2. The molecule has 0 aromatic rings. The van der Waals surface area contributed by atoms with E-state index in [0.717, 1.165) is 12.8 Å². The third-order valence-electron chi connectivity index (χ3n) is 2.71. The van der Waals surface area contributed by atoms with Gasteiger partial charge in [0.2, 0.25) is 0 Å². The molecule has 1 fully saturated rings. The number of hydrogen-bond acceptors (Lipinski definition) is 2. The van der Waals surface area contributed by atoms with E-state index in [1.54, 1.807) is 0 Å². The molecule has 0 aliphatic heterocycles. The van der Waals surface area contributed by atoms with Gasteiger partial charge >= 0.3 is 11.9 Å². The standard InChI is InChI=1S/C10H17NO3/c1-6-3-7(2)5-8(4-6)11-9(12)10(13)14/h6-8H,3-5H2,1-2H3,(H,11,12)(H,13,14). The summed E-state index contributed by atoms with van der Waals surface area (Å²) >= 11 is 0. The van der Waals surface area contributed by atoms with Crippen LogP contribution in [-0.4, -0.2) is 23.0 Å². The lowest BCUT2D eigenvalue weighted by atomic mass is 9.80. The molecule has 0 aromatic carbocycles. The fraction of sp³-hybridized carbons (Fsp3) is 0.800. The lowest BCUT2D eigenvalue weighted by Gasteiger charge is -2.31. The van der Waals surface area contributed by atoms with Crippen molar-refractivity contribution in [3.63, 3.8) is 0 Å². The fourth-order valence-electron chi connectivity index (χ4n) is 2.31. The smallest absolute Gasteiger partial charge is 0.394 e. The lowest BCUT2D eigenvalue weighted by molar-refractivity contribution is -0.150. The third-order valence-corrected chi connectivity index (χ3v) is 2.71. The summed E-state index contributed by atoms with van der Waals surface area (Å²) < 4.78 is 0.